The van der Waals surface area contributed by atoms with E-state index >= 15 is 0 Å². The number of nitrogens with zero attached hydrogens (tertiary/aromatic N) is 4. The molecule has 192 valence electrons. The van der Waals surface area contributed by atoms with Gasteiger partial charge in [-0.15, -0.1) is 0 Å². The molecular weight excluding hydrogens is 454 g/mol. The van der Waals surface area contributed by atoms with E-state index in [1.807, 2.05) is 65.6 Å². The van der Waals surface area contributed by atoms with Gasteiger partial charge in [0.1, 0.15) is 12.2 Å². The maximum Gasteiger partial charge on any atom is 0.334 e. The van der Waals surface area contributed by atoms with Gasteiger partial charge in [0.25, 0.3) is 0 Å². The highest BCUT2D eigenvalue weighted by Gasteiger charge is 2.50. The lowest BCUT2D eigenvalue weighted by Gasteiger charge is -2.54. The molecule has 0 bridgehead atoms. The second kappa shape index (κ2) is 12.0. The first kappa shape index (κ1) is 25.7. The molecule has 36 heavy (non-hydrogen) atoms. The van der Waals surface area contributed by atoms with E-state index in [-0.39, 0.29) is 24.4 Å². The average molecular weight is 492 g/mol. The molecule has 0 saturated carbocycles. The number of rotatable bonds is 9. The summed E-state index contributed by atoms with van der Waals surface area (Å²) in [6.45, 7) is 3.54. The van der Waals surface area contributed by atoms with Crippen molar-refractivity contribution in [2.24, 2.45) is 0 Å². The highest BCUT2D eigenvalue weighted by Crippen LogP contribution is 2.28. The summed E-state index contributed by atoms with van der Waals surface area (Å²) in [5.41, 5.74) is 1.99. The zero-order valence-corrected chi connectivity index (χ0v) is 21.3. The largest absolute Gasteiger partial charge is 0.337 e. The SMILES string of the molecule is CCCCCCN1C[C@H]2N(C(=O)CN(C)N2C(=O)NCc2ccccc2)C(Cc2ccccc2)C1=O. The van der Waals surface area contributed by atoms with E-state index in [9.17, 15) is 14.4 Å². The van der Waals surface area contributed by atoms with E-state index in [2.05, 4.69) is 12.2 Å². The van der Waals surface area contributed by atoms with E-state index in [1.54, 1.807) is 22.0 Å². The monoisotopic (exact) mass is 491 g/mol. The standard InChI is InChI=1S/C28H37N5O3/c1-3-4-5-12-17-31-20-25-32(24(27(31)35)18-22-13-8-6-9-14-22)26(34)21-30(2)33(25)28(36)29-19-23-15-10-7-11-16-23/h6-11,13-16,24-25H,3-5,12,17-21H2,1-2H3,(H,29,36)/t24?,25-/m0/s1. The van der Waals surface area contributed by atoms with Crippen molar-refractivity contribution in [2.45, 2.75) is 57.8 Å². The predicted octanol–water partition coefficient (Wildman–Crippen LogP) is 3.25. The van der Waals surface area contributed by atoms with Gasteiger partial charge in [-0.05, 0) is 17.5 Å². The minimum absolute atomic E-state index is 0.0332. The minimum atomic E-state index is -0.636. The Morgan fingerprint density at radius 3 is 2.28 bits per heavy atom. The van der Waals surface area contributed by atoms with Gasteiger partial charge in [0.15, 0.2) is 0 Å². The fourth-order valence-corrected chi connectivity index (χ4v) is 5.13. The molecular formula is C28H37N5O3. The van der Waals surface area contributed by atoms with Crippen molar-refractivity contribution in [3.05, 3.63) is 71.8 Å². The number of unbranched alkanes of at least 4 members (excludes halogenated alkanes) is 3. The Hall–Kier alpha value is -3.39. The van der Waals surface area contributed by atoms with E-state index < -0.39 is 12.2 Å². The second-order valence-corrected chi connectivity index (χ2v) is 9.64. The third kappa shape index (κ3) is 5.87. The number of carbonyl (C=O) groups excluding carboxylic acids is 3. The lowest BCUT2D eigenvalue weighted by Crippen LogP contribution is -2.76. The molecule has 1 unspecified atom stereocenters. The molecule has 0 aromatic heterocycles. The molecule has 1 N–H and O–H groups in total. The van der Waals surface area contributed by atoms with Crippen LogP contribution in [0.4, 0.5) is 4.79 Å². The number of amides is 4. The summed E-state index contributed by atoms with van der Waals surface area (Å²) in [7, 11) is 1.76. The number of benzene rings is 2. The first-order valence-corrected chi connectivity index (χ1v) is 13.0. The molecule has 4 rings (SSSR count). The van der Waals surface area contributed by atoms with E-state index in [1.165, 1.54) is 0 Å². The maximum absolute atomic E-state index is 13.7. The summed E-state index contributed by atoms with van der Waals surface area (Å²) in [4.78, 5) is 43.9. The Morgan fingerprint density at radius 2 is 1.61 bits per heavy atom. The molecule has 8 nitrogen and oxygen atoms in total. The Labute approximate surface area is 213 Å². The molecule has 2 aliphatic heterocycles. The van der Waals surface area contributed by atoms with Gasteiger partial charge in [-0.25, -0.2) is 14.8 Å². The van der Waals surface area contributed by atoms with Crippen molar-refractivity contribution >= 4 is 17.8 Å². The number of nitrogens with one attached hydrogen (secondary N) is 1. The minimum Gasteiger partial charge on any atom is -0.337 e. The van der Waals surface area contributed by atoms with Gasteiger partial charge in [-0.3, -0.25) is 9.59 Å². The lowest BCUT2D eigenvalue weighted by molar-refractivity contribution is -0.186. The number of hydrogen-bond donors (Lipinski definition) is 1. The number of urea groups is 1. The molecule has 2 aromatic rings. The van der Waals surface area contributed by atoms with Crippen LogP contribution in [0.15, 0.2) is 60.7 Å². The van der Waals surface area contributed by atoms with E-state index in [4.69, 9.17) is 0 Å². The van der Waals surface area contributed by atoms with Crippen LogP contribution in [0.3, 0.4) is 0 Å². The molecule has 0 aliphatic carbocycles. The van der Waals surface area contributed by atoms with Crippen LogP contribution >= 0.6 is 0 Å². The topological polar surface area (TPSA) is 76.2 Å². The number of piperazine rings is 1. The Bertz CT molecular complexity index is 1030. The Balaban J connectivity index is 1.58. The third-order valence-corrected chi connectivity index (χ3v) is 6.99. The summed E-state index contributed by atoms with van der Waals surface area (Å²) < 4.78 is 0. The predicted molar refractivity (Wildman–Crippen MR) is 138 cm³/mol. The molecule has 2 aromatic carbocycles. The lowest BCUT2D eigenvalue weighted by atomic mass is 9.98. The van der Waals surface area contributed by atoms with Gasteiger partial charge in [0, 0.05) is 26.6 Å². The summed E-state index contributed by atoms with van der Waals surface area (Å²) in [5, 5.41) is 6.30. The van der Waals surface area contributed by atoms with Crippen molar-refractivity contribution in [3.63, 3.8) is 0 Å². The fraction of sp³-hybridized carbons (Fsp3) is 0.464. The number of fused-ring (bicyclic) bond motifs is 1. The van der Waals surface area contributed by atoms with Crippen molar-refractivity contribution < 1.29 is 14.4 Å². The zero-order chi connectivity index (χ0) is 25.5. The van der Waals surface area contributed by atoms with Crippen molar-refractivity contribution in [2.75, 3.05) is 26.7 Å². The zero-order valence-electron chi connectivity index (χ0n) is 21.3. The molecule has 2 heterocycles. The molecule has 8 heteroatoms. The number of likely N-dealkylation sites (N-methyl/N-ethyl adjacent to an activating group) is 1. The maximum atomic E-state index is 13.7. The van der Waals surface area contributed by atoms with Gasteiger partial charge in [-0.2, -0.15) is 0 Å². The third-order valence-electron chi connectivity index (χ3n) is 6.99. The summed E-state index contributed by atoms with van der Waals surface area (Å²) in [5.74, 6) is -0.163. The highest BCUT2D eigenvalue weighted by atomic mass is 16.2. The van der Waals surface area contributed by atoms with Gasteiger partial charge in [0.05, 0.1) is 13.1 Å². The first-order chi connectivity index (χ1) is 17.5. The molecule has 2 aliphatic rings. The van der Waals surface area contributed by atoms with E-state index in [0.717, 1.165) is 36.8 Å². The average Bonchev–Trinajstić information content (AvgIpc) is 2.88. The van der Waals surface area contributed by atoms with Crippen LogP contribution in [0.1, 0.15) is 43.7 Å². The van der Waals surface area contributed by atoms with Crippen LogP contribution in [0.25, 0.3) is 0 Å². The van der Waals surface area contributed by atoms with Crippen molar-refractivity contribution in [1.82, 2.24) is 25.1 Å². The number of hydrogen-bond acceptors (Lipinski definition) is 4. The molecule has 0 radical (unpaired) electrons. The van der Waals surface area contributed by atoms with E-state index in [0.29, 0.717) is 26.1 Å². The summed E-state index contributed by atoms with van der Waals surface area (Å²) in [6, 6.07) is 18.6. The smallest absolute Gasteiger partial charge is 0.334 e. The number of carbonyl (C=O) groups is 3. The first-order valence-electron chi connectivity index (χ1n) is 13.0. The molecule has 2 atom stereocenters. The molecule has 0 spiro atoms. The van der Waals surface area contributed by atoms with Crippen LogP contribution in [-0.2, 0) is 22.6 Å². The summed E-state index contributed by atoms with van der Waals surface area (Å²) >= 11 is 0. The van der Waals surface area contributed by atoms with Gasteiger partial charge >= 0.3 is 6.03 Å². The highest BCUT2D eigenvalue weighted by molar-refractivity contribution is 5.91. The van der Waals surface area contributed by atoms with Gasteiger partial charge < -0.3 is 15.1 Å². The molecule has 2 fully saturated rings. The Kier molecular flexibility index (Phi) is 8.59. The fourth-order valence-electron chi connectivity index (χ4n) is 5.13. The Morgan fingerprint density at radius 1 is 0.944 bits per heavy atom. The quantitative estimate of drug-likeness (QED) is 0.547. The van der Waals surface area contributed by atoms with Crippen LogP contribution in [0.2, 0.25) is 0 Å². The normalized spacial score (nSPS) is 20.4. The number of hydrazine groups is 1. The second-order valence-electron chi connectivity index (χ2n) is 9.64. The van der Waals surface area contributed by atoms with Crippen LogP contribution in [0.5, 0.6) is 0 Å². The van der Waals surface area contributed by atoms with Gasteiger partial charge in [0.2, 0.25) is 11.8 Å². The van der Waals surface area contributed by atoms with Crippen molar-refractivity contribution in [1.29, 1.82) is 0 Å². The molecule has 4 amide bonds. The van der Waals surface area contributed by atoms with Gasteiger partial charge in [-0.1, -0.05) is 86.8 Å². The van der Waals surface area contributed by atoms with Crippen LogP contribution < -0.4 is 5.32 Å². The van der Waals surface area contributed by atoms with Crippen LogP contribution in [-0.4, -0.2) is 76.6 Å². The van der Waals surface area contributed by atoms with Crippen LogP contribution in [0, 0.1) is 0 Å². The van der Waals surface area contributed by atoms with Crippen molar-refractivity contribution in [3.8, 4) is 0 Å². The summed E-state index contributed by atoms with van der Waals surface area (Å²) in [6.07, 6.45) is 4.09. The molecule has 2 saturated heterocycles.